The third-order valence-electron chi connectivity index (χ3n) is 4.40. The molecule has 1 aliphatic rings. The van der Waals surface area contributed by atoms with Gasteiger partial charge in [-0.3, -0.25) is 9.78 Å². The summed E-state index contributed by atoms with van der Waals surface area (Å²) >= 11 is 0. The van der Waals surface area contributed by atoms with Gasteiger partial charge in [0, 0.05) is 43.5 Å². The van der Waals surface area contributed by atoms with Crippen LogP contribution in [0.5, 0.6) is 0 Å². The van der Waals surface area contributed by atoms with E-state index in [1.54, 1.807) is 29.0 Å². The molecular weight excluding hydrogens is 318 g/mol. The number of nitrogens with zero attached hydrogens (tertiary/aromatic N) is 6. The third-order valence-corrected chi connectivity index (χ3v) is 4.40. The van der Waals surface area contributed by atoms with E-state index >= 15 is 0 Å². The Labute approximate surface area is 144 Å². The number of anilines is 1. The fourth-order valence-corrected chi connectivity index (χ4v) is 3.08. The summed E-state index contributed by atoms with van der Waals surface area (Å²) in [7, 11) is 0. The average Bonchev–Trinajstić information content (AvgIpc) is 3.28. The van der Waals surface area contributed by atoms with Gasteiger partial charge in [0.15, 0.2) is 11.5 Å². The molecule has 4 rings (SSSR count). The van der Waals surface area contributed by atoms with E-state index in [9.17, 15) is 4.79 Å². The fourth-order valence-electron chi connectivity index (χ4n) is 3.08. The summed E-state index contributed by atoms with van der Waals surface area (Å²) in [5.74, 6) is 1.65. The quantitative estimate of drug-likeness (QED) is 0.774. The van der Waals surface area contributed by atoms with Crippen molar-refractivity contribution in [3.63, 3.8) is 0 Å². The molecule has 1 N–H and O–H groups in total. The second-order valence-electron chi connectivity index (χ2n) is 6.08. The standard InChI is InChI=1S/C17H19N7O/c1-2-15-20-21-16-4-3-14(22-24(15)16)19-13-7-10-23(11-13)17(25)12-5-8-18-9-6-12/h3-6,8-9,13H,2,7,10-11H2,1H3,(H,19,22). The maximum absolute atomic E-state index is 12.5. The van der Waals surface area contributed by atoms with E-state index < -0.39 is 0 Å². The number of amides is 1. The van der Waals surface area contributed by atoms with Crippen LogP contribution < -0.4 is 5.32 Å². The molecule has 1 aliphatic heterocycles. The highest BCUT2D eigenvalue weighted by atomic mass is 16.2. The molecule has 0 radical (unpaired) electrons. The van der Waals surface area contributed by atoms with Gasteiger partial charge in [-0.05, 0) is 30.7 Å². The summed E-state index contributed by atoms with van der Waals surface area (Å²) < 4.78 is 1.76. The second kappa shape index (κ2) is 6.46. The predicted molar refractivity (Wildman–Crippen MR) is 92.3 cm³/mol. The summed E-state index contributed by atoms with van der Waals surface area (Å²) in [6.07, 6.45) is 4.94. The van der Waals surface area contributed by atoms with Crippen LogP contribution in [0.3, 0.4) is 0 Å². The number of pyridine rings is 1. The Morgan fingerprint density at radius 1 is 1.24 bits per heavy atom. The van der Waals surface area contributed by atoms with Gasteiger partial charge in [-0.2, -0.15) is 4.52 Å². The molecule has 8 heteroatoms. The number of likely N-dealkylation sites (tertiary alicyclic amines) is 1. The fraction of sp³-hybridized carbons (Fsp3) is 0.353. The lowest BCUT2D eigenvalue weighted by Crippen LogP contribution is -2.31. The second-order valence-corrected chi connectivity index (χ2v) is 6.08. The Bertz CT molecular complexity index is 892. The molecule has 1 amide bonds. The molecular formula is C17H19N7O. The zero-order valence-corrected chi connectivity index (χ0v) is 14.0. The van der Waals surface area contributed by atoms with E-state index in [2.05, 4.69) is 25.6 Å². The molecule has 8 nitrogen and oxygen atoms in total. The van der Waals surface area contributed by atoms with Crippen LogP contribution in [-0.2, 0) is 6.42 Å². The van der Waals surface area contributed by atoms with Gasteiger partial charge in [-0.1, -0.05) is 6.92 Å². The molecule has 1 atom stereocenters. The van der Waals surface area contributed by atoms with Gasteiger partial charge in [0.2, 0.25) is 0 Å². The van der Waals surface area contributed by atoms with Gasteiger partial charge in [0.1, 0.15) is 5.82 Å². The Hall–Kier alpha value is -3.03. The van der Waals surface area contributed by atoms with Crippen LogP contribution in [0.4, 0.5) is 5.82 Å². The van der Waals surface area contributed by atoms with Gasteiger partial charge < -0.3 is 10.2 Å². The maximum Gasteiger partial charge on any atom is 0.254 e. The summed E-state index contributed by atoms with van der Waals surface area (Å²) in [6.45, 7) is 3.41. The van der Waals surface area contributed by atoms with E-state index in [1.807, 2.05) is 24.0 Å². The first-order chi connectivity index (χ1) is 12.2. The minimum Gasteiger partial charge on any atom is -0.364 e. The third kappa shape index (κ3) is 3.02. The highest BCUT2D eigenvalue weighted by molar-refractivity contribution is 5.94. The molecule has 0 saturated carbocycles. The number of hydrogen-bond donors (Lipinski definition) is 1. The number of rotatable bonds is 4. The van der Waals surface area contributed by atoms with Crippen LogP contribution >= 0.6 is 0 Å². The minimum atomic E-state index is 0.0437. The Kier molecular flexibility index (Phi) is 4.01. The van der Waals surface area contributed by atoms with Crippen LogP contribution in [0, 0.1) is 0 Å². The van der Waals surface area contributed by atoms with Gasteiger partial charge in [0.25, 0.3) is 5.91 Å². The Morgan fingerprint density at radius 2 is 2.08 bits per heavy atom. The van der Waals surface area contributed by atoms with E-state index in [0.717, 1.165) is 36.7 Å². The van der Waals surface area contributed by atoms with Crippen molar-refractivity contribution in [2.75, 3.05) is 18.4 Å². The monoisotopic (exact) mass is 337 g/mol. The number of aryl methyl sites for hydroxylation is 1. The molecule has 1 unspecified atom stereocenters. The van der Waals surface area contributed by atoms with Crippen molar-refractivity contribution < 1.29 is 4.79 Å². The molecule has 3 aromatic rings. The van der Waals surface area contributed by atoms with Crippen LogP contribution in [0.25, 0.3) is 5.65 Å². The van der Waals surface area contributed by atoms with Crippen LogP contribution in [-0.4, -0.2) is 54.7 Å². The number of carbonyl (C=O) groups is 1. The molecule has 4 heterocycles. The van der Waals surface area contributed by atoms with Crippen molar-refractivity contribution in [1.29, 1.82) is 0 Å². The molecule has 0 spiro atoms. The van der Waals surface area contributed by atoms with E-state index in [1.165, 1.54) is 0 Å². The topological polar surface area (TPSA) is 88.3 Å². The lowest BCUT2D eigenvalue weighted by atomic mass is 10.2. The largest absolute Gasteiger partial charge is 0.364 e. The highest BCUT2D eigenvalue weighted by Gasteiger charge is 2.27. The van der Waals surface area contributed by atoms with E-state index in [0.29, 0.717) is 12.1 Å². The minimum absolute atomic E-state index is 0.0437. The van der Waals surface area contributed by atoms with Crippen molar-refractivity contribution in [2.24, 2.45) is 0 Å². The van der Waals surface area contributed by atoms with Gasteiger partial charge in [-0.15, -0.1) is 15.3 Å². The van der Waals surface area contributed by atoms with Crippen molar-refractivity contribution >= 4 is 17.4 Å². The molecule has 0 aliphatic carbocycles. The molecule has 0 aromatic carbocycles. The lowest BCUT2D eigenvalue weighted by molar-refractivity contribution is 0.0791. The van der Waals surface area contributed by atoms with Gasteiger partial charge in [0.05, 0.1) is 0 Å². The molecule has 128 valence electrons. The van der Waals surface area contributed by atoms with Crippen LogP contribution in [0.2, 0.25) is 0 Å². The predicted octanol–water partition coefficient (Wildman–Crippen LogP) is 1.41. The van der Waals surface area contributed by atoms with Crippen molar-refractivity contribution in [1.82, 2.24) is 29.7 Å². The summed E-state index contributed by atoms with van der Waals surface area (Å²) in [6, 6.07) is 7.47. The molecule has 0 bridgehead atoms. The Morgan fingerprint density at radius 3 is 2.88 bits per heavy atom. The molecule has 25 heavy (non-hydrogen) atoms. The number of carbonyl (C=O) groups excluding carboxylic acids is 1. The smallest absolute Gasteiger partial charge is 0.254 e. The molecule has 1 saturated heterocycles. The van der Waals surface area contributed by atoms with Crippen LogP contribution in [0.15, 0.2) is 36.7 Å². The van der Waals surface area contributed by atoms with Crippen molar-refractivity contribution in [3.8, 4) is 0 Å². The normalized spacial score (nSPS) is 17.2. The van der Waals surface area contributed by atoms with Crippen molar-refractivity contribution in [3.05, 3.63) is 48.0 Å². The highest BCUT2D eigenvalue weighted by Crippen LogP contribution is 2.17. The molecule has 3 aromatic heterocycles. The van der Waals surface area contributed by atoms with E-state index in [-0.39, 0.29) is 11.9 Å². The van der Waals surface area contributed by atoms with Crippen molar-refractivity contribution in [2.45, 2.75) is 25.8 Å². The summed E-state index contributed by atoms with van der Waals surface area (Å²) in [5.41, 5.74) is 1.41. The number of nitrogens with one attached hydrogen (secondary N) is 1. The first kappa shape index (κ1) is 15.5. The lowest BCUT2D eigenvalue weighted by Gasteiger charge is -2.17. The maximum atomic E-state index is 12.5. The van der Waals surface area contributed by atoms with Gasteiger partial charge in [-0.25, -0.2) is 0 Å². The SMILES string of the molecule is CCc1nnc2ccc(NC3CCN(C(=O)c4ccncc4)C3)nn12. The zero-order valence-electron chi connectivity index (χ0n) is 14.0. The van der Waals surface area contributed by atoms with Crippen LogP contribution in [0.1, 0.15) is 29.5 Å². The van der Waals surface area contributed by atoms with E-state index in [4.69, 9.17) is 0 Å². The number of aromatic nitrogens is 5. The average molecular weight is 337 g/mol. The Balaban J connectivity index is 1.45. The number of fused-ring (bicyclic) bond motifs is 1. The first-order valence-electron chi connectivity index (χ1n) is 8.42. The zero-order chi connectivity index (χ0) is 17.2. The summed E-state index contributed by atoms with van der Waals surface area (Å²) in [4.78, 5) is 18.3. The molecule has 1 fully saturated rings. The van der Waals surface area contributed by atoms with Gasteiger partial charge >= 0.3 is 0 Å². The number of hydrogen-bond acceptors (Lipinski definition) is 6. The first-order valence-corrected chi connectivity index (χ1v) is 8.42. The summed E-state index contributed by atoms with van der Waals surface area (Å²) in [5, 5.41) is 16.2.